The van der Waals surface area contributed by atoms with Crippen molar-refractivity contribution in [2.24, 2.45) is 11.8 Å². The lowest BCUT2D eigenvalue weighted by Gasteiger charge is -2.32. The first-order valence-electron chi connectivity index (χ1n) is 12.4. The molecule has 4 aliphatic rings. The molecule has 1 saturated carbocycles. The fraction of sp³-hybridized carbons (Fsp3) is 0.560. The van der Waals surface area contributed by atoms with Gasteiger partial charge in [-0.25, -0.2) is 0 Å². The van der Waals surface area contributed by atoms with Crippen molar-refractivity contribution in [3.8, 4) is 0 Å². The molecule has 0 spiro atoms. The summed E-state index contributed by atoms with van der Waals surface area (Å²) in [5.41, 5.74) is 1.17. The molecule has 10 nitrogen and oxygen atoms in total. The van der Waals surface area contributed by atoms with E-state index in [0.29, 0.717) is 30.1 Å². The minimum absolute atomic E-state index is 0.0898. The number of hydrogen-bond acceptors (Lipinski definition) is 7. The third-order valence-corrected chi connectivity index (χ3v) is 7.81. The van der Waals surface area contributed by atoms with Crippen LogP contribution in [-0.4, -0.2) is 76.2 Å². The average molecular weight is 483 g/mol. The Morgan fingerprint density at radius 2 is 1.80 bits per heavy atom. The predicted molar refractivity (Wildman–Crippen MR) is 125 cm³/mol. The molecule has 1 aromatic rings. The Morgan fingerprint density at radius 3 is 2.49 bits per heavy atom. The second kappa shape index (κ2) is 9.41. The molecule has 0 radical (unpaired) electrons. The number of nitrogens with one attached hydrogen (secondary N) is 2. The number of hydrogen-bond donors (Lipinski definition) is 3. The molecule has 3 heterocycles. The maximum atomic E-state index is 13.3. The number of anilines is 1. The highest BCUT2D eigenvalue weighted by atomic mass is 16.4. The number of imide groups is 2. The molecule has 3 fully saturated rings. The molecule has 5 rings (SSSR count). The molecule has 1 unspecified atom stereocenters. The van der Waals surface area contributed by atoms with Gasteiger partial charge in [-0.15, -0.1) is 0 Å². The van der Waals surface area contributed by atoms with E-state index in [-0.39, 0.29) is 30.4 Å². The molecule has 0 bridgehead atoms. The Hall–Kier alpha value is -3.27. The van der Waals surface area contributed by atoms with Crippen LogP contribution in [0.2, 0.25) is 0 Å². The zero-order valence-electron chi connectivity index (χ0n) is 19.5. The SMILES string of the molecule is O=C1CCC(N2C(=O)c3cccc(NC4CCC(CN5CC[C@@H](C(=O)O)C5)CC4)c3C2=O)C(=O)N1. The Kier molecular flexibility index (Phi) is 6.31. The largest absolute Gasteiger partial charge is 0.481 e. The fourth-order valence-electron chi connectivity index (χ4n) is 5.91. The summed E-state index contributed by atoms with van der Waals surface area (Å²) in [4.78, 5) is 64.6. The number of nitrogens with zero attached hydrogens (tertiary/aromatic N) is 2. The molecule has 1 aromatic carbocycles. The van der Waals surface area contributed by atoms with Gasteiger partial charge >= 0.3 is 5.97 Å². The third kappa shape index (κ3) is 4.54. The van der Waals surface area contributed by atoms with Crippen molar-refractivity contribution in [1.82, 2.24) is 15.1 Å². The molecule has 2 saturated heterocycles. The Labute approximate surface area is 203 Å². The van der Waals surface area contributed by atoms with Crippen LogP contribution in [0.1, 0.15) is 65.7 Å². The summed E-state index contributed by atoms with van der Waals surface area (Å²) in [5.74, 6) is -2.46. The van der Waals surface area contributed by atoms with E-state index >= 15 is 0 Å². The highest BCUT2D eigenvalue weighted by molar-refractivity contribution is 6.25. The average Bonchev–Trinajstić information content (AvgIpc) is 3.39. The summed E-state index contributed by atoms with van der Waals surface area (Å²) in [6, 6.07) is 4.31. The smallest absolute Gasteiger partial charge is 0.307 e. The van der Waals surface area contributed by atoms with Crippen molar-refractivity contribution in [1.29, 1.82) is 0 Å². The van der Waals surface area contributed by atoms with Crippen LogP contribution in [0.5, 0.6) is 0 Å². The molecular weight excluding hydrogens is 452 g/mol. The first kappa shape index (κ1) is 23.5. The number of carbonyl (C=O) groups is 5. The van der Waals surface area contributed by atoms with Crippen molar-refractivity contribution >= 4 is 35.3 Å². The second-order valence-electron chi connectivity index (χ2n) is 10.1. The van der Waals surface area contributed by atoms with E-state index in [1.54, 1.807) is 18.2 Å². The topological polar surface area (TPSA) is 136 Å². The van der Waals surface area contributed by atoms with E-state index in [2.05, 4.69) is 15.5 Å². The molecule has 2 atom stereocenters. The zero-order chi connectivity index (χ0) is 24.7. The minimum Gasteiger partial charge on any atom is -0.481 e. The van der Waals surface area contributed by atoms with E-state index in [4.69, 9.17) is 0 Å². The highest BCUT2D eigenvalue weighted by Gasteiger charge is 2.45. The van der Waals surface area contributed by atoms with Gasteiger partial charge in [0.25, 0.3) is 11.8 Å². The van der Waals surface area contributed by atoms with Gasteiger partial charge in [0, 0.05) is 31.2 Å². The zero-order valence-corrected chi connectivity index (χ0v) is 19.5. The van der Waals surface area contributed by atoms with Gasteiger partial charge in [-0.1, -0.05) is 6.07 Å². The van der Waals surface area contributed by atoms with Gasteiger partial charge in [-0.3, -0.25) is 34.2 Å². The van der Waals surface area contributed by atoms with Crippen molar-refractivity contribution in [3.63, 3.8) is 0 Å². The van der Waals surface area contributed by atoms with E-state index in [1.807, 2.05) is 0 Å². The van der Waals surface area contributed by atoms with Crippen molar-refractivity contribution in [2.75, 3.05) is 25.0 Å². The molecule has 4 amide bonds. The first-order chi connectivity index (χ1) is 16.8. The molecule has 3 N–H and O–H groups in total. The van der Waals surface area contributed by atoms with Gasteiger partial charge in [0.2, 0.25) is 11.8 Å². The Bertz CT molecular complexity index is 1080. The second-order valence-corrected chi connectivity index (χ2v) is 10.1. The molecular formula is C25H30N4O6. The summed E-state index contributed by atoms with van der Waals surface area (Å²) < 4.78 is 0. The van der Waals surface area contributed by atoms with E-state index < -0.39 is 35.6 Å². The van der Waals surface area contributed by atoms with Crippen molar-refractivity contribution in [2.45, 2.75) is 57.0 Å². The standard InChI is InChI=1S/C25H30N4O6/c30-20-9-8-19(22(31)27-20)29-23(32)17-2-1-3-18(21(17)24(29)33)26-16-6-4-14(5-7-16)12-28-11-10-15(13-28)25(34)35/h1-3,14-16,19,26H,4-13H2,(H,34,35)(H,27,30,31)/t14?,15-,16?,19?/m1/s1. The molecule has 35 heavy (non-hydrogen) atoms. The van der Waals surface area contributed by atoms with Crippen LogP contribution >= 0.6 is 0 Å². The summed E-state index contributed by atoms with van der Waals surface area (Å²) in [6.45, 7) is 2.39. The molecule has 1 aliphatic carbocycles. The molecule has 3 aliphatic heterocycles. The highest BCUT2D eigenvalue weighted by Crippen LogP contribution is 2.35. The quantitative estimate of drug-likeness (QED) is 0.519. The summed E-state index contributed by atoms with van der Waals surface area (Å²) >= 11 is 0. The number of carboxylic acid groups (broad SMARTS) is 1. The number of carboxylic acids is 1. The number of likely N-dealkylation sites (tertiary alicyclic amines) is 1. The number of rotatable bonds is 6. The lowest BCUT2D eigenvalue weighted by Crippen LogP contribution is -2.54. The Morgan fingerprint density at radius 1 is 1.03 bits per heavy atom. The van der Waals surface area contributed by atoms with Crippen LogP contribution in [0.4, 0.5) is 5.69 Å². The van der Waals surface area contributed by atoms with Crippen LogP contribution in [0.3, 0.4) is 0 Å². The van der Waals surface area contributed by atoms with Gasteiger partial charge < -0.3 is 15.3 Å². The van der Waals surface area contributed by atoms with Crippen molar-refractivity contribution in [3.05, 3.63) is 29.3 Å². The Balaban J connectivity index is 1.21. The molecule has 0 aromatic heterocycles. The fourth-order valence-corrected chi connectivity index (χ4v) is 5.91. The monoisotopic (exact) mass is 482 g/mol. The lowest BCUT2D eigenvalue weighted by atomic mass is 9.85. The van der Waals surface area contributed by atoms with Gasteiger partial charge in [0.1, 0.15) is 6.04 Å². The molecule has 10 heteroatoms. The van der Waals surface area contributed by atoms with Crippen LogP contribution in [0, 0.1) is 11.8 Å². The van der Waals surface area contributed by atoms with Crippen molar-refractivity contribution < 1.29 is 29.1 Å². The van der Waals surface area contributed by atoms with Crippen LogP contribution in [-0.2, 0) is 14.4 Å². The number of benzene rings is 1. The van der Waals surface area contributed by atoms with E-state index in [1.165, 1.54) is 0 Å². The summed E-state index contributed by atoms with van der Waals surface area (Å²) in [7, 11) is 0. The summed E-state index contributed by atoms with van der Waals surface area (Å²) in [5, 5.41) is 14.9. The molecule has 186 valence electrons. The minimum atomic E-state index is -0.977. The van der Waals surface area contributed by atoms with Gasteiger partial charge in [0.05, 0.1) is 17.0 Å². The number of fused-ring (bicyclic) bond motifs is 1. The maximum Gasteiger partial charge on any atom is 0.307 e. The first-order valence-corrected chi connectivity index (χ1v) is 12.4. The number of piperidine rings is 1. The maximum absolute atomic E-state index is 13.3. The van der Waals surface area contributed by atoms with E-state index in [0.717, 1.165) is 43.7 Å². The number of aliphatic carboxylic acids is 1. The third-order valence-electron chi connectivity index (χ3n) is 7.81. The van der Waals surface area contributed by atoms with Gasteiger partial charge in [0.15, 0.2) is 0 Å². The van der Waals surface area contributed by atoms with E-state index in [9.17, 15) is 29.1 Å². The van der Waals surface area contributed by atoms with Gasteiger partial charge in [-0.2, -0.15) is 0 Å². The number of amides is 4. The predicted octanol–water partition coefficient (Wildman–Crippen LogP) is 1.47. The summed E-state index contributed by atoms with van der Waals surface area (Å²) in [6.07, 6.45) is 4.80. The normalized spacial score (nSPS) is 29.3. The van der Waals surface area contributed by atoms with Crippen LogP contribution in [0.15, 0.2) is 18.2 Å². The van der Waals surface area contributed by atoms with Crippen LogP contribution < -0.4 is 10.6 Å². The van der Waals surface area contributed by atoms with Gasteiger partial charge in [-0.05, 0) is 63.1 Å². The van der Waals surface area contributed by atoms with Crippen LogP contribution in [0.25, 0.3) is 0 Å². The number of carbonyl (C=O) groups excluding carboxylic acids is 4. The lowest BCUT2D eigenvalue weighted by molar-refractivity contribution is -0.141.